The maximum absolute atomic E-state index is 12.5. The third kappa shape index (κ3) is 5.21. The molecule has 236 valence electrons. The van der Waals surface area contributed by atoms with Crippen LogP contribution in [-0.4, -0.2) is 43.6 Å². The molecule has 2 atom stereocenters. The predicted molar refractivity (Wildman–Crippen MR) is 177 cm³/mol. The van der Waals surface area contributed by atoms with E-state index < -0.39 is 25.6 Å². The van der Waals surface area contributed by atoms with Crippen LogP contribution >= 0.6 is 0 Å². The fraction of sp³-hybridized carbons (Fsp3) is 0.206. The molecule has 0 radical (unpaired) electrons. The van der Waals surface area contributed by atoms with Crippen molar-refractivity contribution in [2.45, 2.75) is 31.7 Å². The van der Waals surface area contributed by atoms with Crippen LogP contribution in [0.15, 0.2) is 107 Å². The topological polar surface area (TPSA) is 135 Å². The SMILES string of the molecule is CC(C=Cc1oc2c3ccccc3ccc2[n+]1CCCS(=O)(=O)O)=CC=C1Oc2c(ccc3ccccc23)[N+]12CCC2S(=O)(=O)O. The summed E-state index contributed by atoms with van der Waals surface area (Å²) in [5, 5.41) is 2.67. The molecule has 5 aromatic rings. The van der Waals surface area contributed by atoms with E-state index in [1.807, 2.05) is 96.4 Å². The van der Waals surface area contributed by atoms with Crippen molar-refractivity contribution in [3.8, 4) is 5.75 Å². The molecule has 2 aliphatic heterocycles. The minimum atomic E-state index is -4.37. The Bertz CT molecular complexity index is 2360. The Morgan fingerprint density at radius 2 is 1.65 bits per heavy atom. The first-order valence-corrected chi connectivity index (χ1v) is 18.0. The van der Waals surface area contributed by atoms with E-state index in [9.17, 15) is 25.9 Å². The number of aryl methyl sites for hydroxylation is 1. The largest absolute Gasteiger partial charge is 0.405 e. The van der Waals surface area contributed by atoms with E-state index in [1.54, 1.807) is 12.2 Å². The number of hydrogen-bond donors (Lipinski definition) is 2. The molecule has 0 aliphatic carbocycles. The van der Waals surface area contributed by atoms with Gasteiger partial charge in [-0.2, -0.15) is 21.4 Å². The molecule has 1 spiro atoms. The third-order valence-electron chi connectivity index (χ3n) is 8.84. The van der Waals surface area contributed by atoms with Gasteiger partial charge in [0.1, 0.15) is 0 Å². The molecule has 3 heterocycles. The predicted octanol–water partition coefficient (Wildman–Crippen LogP) is 6.12. The summed E-state index contributed by atoms with van der Waals surface area (Å²) in [5.74, 6) is 1.11. The molecule has 1 aromatic heterocycles. The number of hydrogen-bond acceptors (Lipinski definition) is 6. The van der Waals surface area contributed by atoms with E-state index in [2.05, 4.69) is 0 Å². The Hall–Kier alpha value is -4.33. The van der Waals surface area contributed by atoms with Gasteiger partial charge in [0.15, 0.2) is 12.2 Å². The van der Waals surface area contributed by atoms with Gasteiger partial charge in [0, 0.05) is 35.4 Å². The molecule has 2 unspecified atom stereocenters. The number of benzene rings is 4. The van der Waals surface area contributed by atoms with E-state index in [4.69, 9.17) is 9.15 Å². The smallest absolute Gasteiger partial charge is 0.374 e. The van der Waals surface area contributed by atoms with Crippen molar-refractivity contribution >= 4 is 64.6 Å². The van der Waals surface area contributed by atoms with Crippen LogP contribution in [0.5, 0.6) is 5.75 Å². The van der Waals surface area contributed by atoms with Crippen molar-refractivity contribution in [3.05, 3.63) is 108 Å². The minimum absolute atomic E-state index is 0.114. The van der Waals surface area contributed by atoms with Gasteiger partial charge < -0.3 is 9.15 Å². The average Bonchev–Trinajstić information content (AvgIpc) is 3.54. The molecule has 10 nitrogen and oxygen atoms in total. The standard InChI is InChI=1S/C34H30N2O8S2/c1-23(11-17-30-35(20-6-22-45(37,38)39)28-15-13-24-7-2-4-9-26(24)33(28)43-30)12-18-31-36(21-19-32(36)46(40,41)42)29-16-14-25-8-3-5-10-27(25)34(29)44-31/h2-5,7-18,32H,6,19-22H2,1H3/p+2. The zero-order chi connectivity index (χ0) is 32.3. The first-order valence-electron chi connectivity index (χ1n) is 14.9. The van der Waals surface area contributed by atoms with Crippen molar-refractivity contribution in [2.75, 3.05) is 12.3 Å². The summed E-state index contributed by atoms with van der Waals surface area (Å²) in [7, 11) is -8.49. The first-order chi connectivity index (χ1) is 22.0. The highest BCUT2D eigenvalue weighted by Crippen LogP contribution is 2.55. The van der Waals surface area contributed by atoms with Crippen molar-refractivity contribution in [3.63, 3.8) is 0 Å². The molecule has 0 bridgehead atoms. The van der Waals surface area contributed by atoms with Crippen molar-refractivity contribution < 1.29 is 39.7 Å². The van der Waals surface area contributed by atoms with Crippen LogP contribution in [0, 0.1) is 0 Å². The van der Waals surface area contributed by atoms with Gasteiger partial charge in [-0.15, -0.1) is 0 Å². The molecule has 0 saturated carbocycles. The highest BCUT2D eigenvalue weighted by atomic mass is 32.2. The zero-order valence-electron chi connectivity index (χ0n) is 24.9. The first kappa shape index (κ1) is 30.3. The number of quaternary nitrogens is 1. The molecule has 1 saturated heterocycles. The van der Waals surface area contributed by atoms with E-state index in [1.165, 1.54) is 0 Å². The number of nitrogens with zero attached hydrogens (tertiary/aromatic N) is 2. The lowest BCUT2D eigenvalue weighted by atomic mass is 10.0. The third-order valence-corrected chi connectivity index (χ3v) is 10.9. The second-order valence-corrected chi connectivity index (χ2v) is 14.8. The number of allylic oxidation sites excluding steroid dienone is 4. The Kier molecular flexibility index (Phi) is 7.37. The molecule has 46 heavy (non-hydrogen) atoms. The molecular formula is C34H32N2O8S2+2. The van der Waals surface area contributed by atoms with Gasteiger partial charge in [-0.25, -0.2) is 4.48 Å². The van der Waals surface area contributed by atoms with Crippen LogP contribution in [0.25, 0.3) is 38.7 Å². The van der Waals surface area contributed by atoms with Crippen molar-refractivity contribution in [2.24, 2.45) is 0 Å². The molecular weight excluding hydrogens is 629 g/mol. The summed E-state index contributed by atoms with van der Waals surface area (Å²) in [6.45, 7) is 2.64. The Labute approximate surface area is 266 Å². The van der Waals surface area contributed by atoms with Gasteiger partial charge in [-0.05, 0) is 42.0 Å². The molecule has 2 N–H and O–H groups in total. The summed E-state index contributed by atoms with van der Waals surface area (Å²) in [4.78, 5) is 0. The number of ether oxygens (including phenoxy) is 1. The molecule has 12 heteroatoms. The van der Waals surface area contributed by atoms with Crippen LogP contribution in [0.1, 0.15) is 25.7 Å². The highest BCUT2D eigenvalue weighted by Gasteiger charge is 2.63. The van der Waals surface area contributed by atoms with E-state index in [0.717, 1.165) is 32.6 Å². The number of rotatable bonds is 8. The van der Waals surface area contributed by atoms with Crippen molar-refractivity contribution in [1.82, 2.24) is 4.48 Å². The number of aromatic nitrogens is 1. The molecule has 0 amide bonds. The zero-order valence-corrected chi connectivity index (χ0v) is 26.5. The number of fused-ring (bicyclic) bond motifs is 7. The normalized spacial score (nSPS) is 21.1. The lowest BCUT2D eigenvalue weighted by Gasteiger charge is -2.45. The minimum Gasteiger partial charge on any atom is -0.405 e. The highest BCUT2D eigenvalue weighted by molar-refractivity contribution is 7.86. The summed E-state index contributed by atoms with van der Waals surface area (Å²) in [6, 6.07) is 23.3. The maximum Gasteiger partial charge on any atom is 0.374 e. The second kappa shape index (κ2) is 11.2. The maximum atomic E-state index is 12.5. The summed E-state index contributed by atoms with van der Waals surface area (Å²) in [6.07, 6.45) is 7.69. The van der Waals surface area contributed by atoms with Gasteiger partial charge in [-0.1, -0.05) is 54.1 Å². The Morgan fingerprint density at radius 3 is 2.35 bits per heavy atom. The molecule has 7 rings (SSSR count). The Balaban J connectivity index is 1.26. The van der Waals surface area contributed by atoms with E-state index >= 15 is 0 Å². The van der Waals surface area contributed by atoms with Crippen LogP contribution in [0.4, 0.5) is 5.69 Å². The van der Waals surface area contributed by atoms with Crippen LogP contribution in [0.2, 0.25) is 0 Å². The summed E-state index contributed by atoms with van der Waals surface area (Å²) in [5.41, 5.74) is 2.95. The van der Waals surface area contributed by atoms with Gasteiger partial charge >= 0.3 is 21.9 Å². The van der Waals surface area contributed by atoms with Crippen LogP contribution < -0.4 is 13.8 Å². The summed E-state index contributed by atoms with van der Waals surface area (Å²) < 4.78 is 81.7. The van der Waals surface area contributed by atoms with Gasteiger partial charge in [0.05, 0.1) is 24.8 Å². The monoisotopic (exact) mass is 660 g/mol. The second-order valence-electron chi connectivity index (χ2n) is 11.7. The summed E-state index contributed by atoms with van der Waals surface area (Å²) >= 11 is 0. The lowest BCUT2D eigenvalue weighted by molar-refractivity contribution is -0.677. The quantitative estimate of drug-likeness (QED) is 0.0880. The van der Waals surface area contributed by atoms with Gasteiger partial charge in [0.25, 0.3) is 15.6 Å². The van der Waals surface area contributed by atoms with Crippen LogP contribution in [-0.2, 0) is 26.8 Å². The molecule has 4 aromatic carbocycles. The average molecular weight is 661 g/mol. The van der Waals surface area contributed by atoms with E-state index in [-0.39, 0.29) is 16.7 Å². The fourth-order valence-corrected chi connectivity index (χ4v) is 8.25. The molecule has 1 fully saturated rings. The fourth-order valence-electron chi connectivity index (χ4n) is 6.57. The van der Waals surface area contributed by atoms with Crippen LogP contribution in [0.3, 0.4) is 0 Å². The van der Waals surface area contributed by atoms with E-state index in [0.29, 0.717) is 48.3 Å². The molecule has 2 aliphatic rings. The lowest BCUT2D eigenvalue weighted by Crippen LogP contribution is -2.67. The Morgan fingerprint density at radius 1 is 0.957 bits per heavy atom. The number of oxazole rings is 1. The van der Waals surface area contributed by atoms with Gasteiger partial charge in [0.2, 0.25) is 16.7 Å². The van der Waals surface area contributed by atoms with Gasteiger partial charge in [-0.3, -0.25) is 9.11 Å². The van der Waals surface area contributed by atoms with Crippen molar-refractivity contribution in [1.29, 1.82) is 0 Å².